The minimum Gasteiger partial charge on any atom is -0.497 e. The SMILES string of the molecule is COc1ccc(-n2c(C)cc([C@@H]3[C@H](c4ccccn4)NC(=S)N3C[C@H]3CCCO3)c2C)cc1. The molecule has 33 heavy (non-hydrogen) atoms. The number of pyridine rings is 1. The fourth-order valence-corrected chi connectivity index (χ4v) is 5.48. The van der Waals surface area contributed by atoms with Gasteiger partial charge in [-0.3, -0.25) is 4.98 Å². The molecular weight excluding hydrogens is 432 g/mol. The number of hydrogen-bond acceptors (Lipinski definition) is 4. The number of benzene rings is 1. The topological polar surface area (TPSA) is 51.5 Å². The summed E-state index contributed by atoms with van der Waals surface area (Å²) in [7, 11) is 1.69. The lowest BCUT2D eigenvalue weighted by Crippen LogP contribution is -2.36. The molecule has 4 heterocycles. The van der Waals surface area contributed by atoms with Gasteiger partial charge < -0.3 is 24.3 Å². The molecule has 0 amide bonds. The van der Waals surface area contributed by atoms with Crippen molar-refractivity contribution in [2.75, 3.05) is 20.3 Å². The van der Waals surface area contributed by atoms with Crippen molar-refractivity contribution in [1.82, 2.24) is 19.8 Å². The Bertz CT molecular complexity index is 1120. The molecule has 172 valence electrons. The number of thiocarbonyl (C=S) groups is 1. The van der Waals surface area contributed by atoms with Crippen molar-refractivity contribution in [3.05, 3.63) is 77.4 Å². The number of aromatic nitrogens is 2. The Kier molecular flexibility index (Phi) is 6.08. The molecule has 2 aromatic heterocycles. The van der Waals surface area contributed by atoms with Gasteiger partial charge in [-0.1, -0.05) is 6.07 Å². The van der Waals surface area contributed by atoms with E-state index in [1.807, 2.05) is 30.5 Å². The highest BCUT2D eigenvalue weighted by molar-refractivity contribution is 7.80. The summed E-state index contributed by atoms with van der Waals surface area (Å²) in [5, 5.41) is 4.33. The molecule has 0 bridgehead atoms. The van der Waals surface area contributed by atoms with Crippen LogP contribution in [0.1, 0.15) is 47.6 Å². The number of ether oxygens (including phenoxy) is 2. The average Bonchev–Trinajstić information content (AvgIpc) is 3.54. The van der Waals surface area contributed by atoms with Gasteiger partial charge in [0.05, 0.1) is 31.0 Å². The van der Waals surface area contributed by atoms with Crippen LogP contribution in [0, 0.1) is 13.8 Å². The third-order valence-electron chi connectivity index (χ3n) is 6.74. The minimum absolute atomic E-state index is 0.0232. The first-order chi connectivity index (χ1) is 16.1. The fourth-order valence-electron chi connectivity index (χ4n) is 5.16. The van der Waals surface area contributed by atoms with Crippen molar-refractivity contribution in [1.29, 1.82) is 0 Å². The summed E-state index contributed by atoms with van der Waals surface area (Å²) in [6.07, 6.45) is 4.24. The summed E-state index contributed by atoms with van der Waals surface area (Å²) < 4.78 is 13.6. The van der Waals surface area contributed by atoms with Crippen LogP contribution in [0.15, 0.2) is 54.7 Å². The standard InChI is InChI=1S/C26H30N4O2S/c1-17-15-22(18(2)30(17)19-9-11-20(31-3)12-10-19)25-24(23-8-4-5-13-27-23)28-26(33)29(25)16-21-7-6-14-32-21/h4-5,8-13,15,21,24-25H,6-7,14,16H2,1-3H3,(H,28,33)/t21-,24+,25-/m1/s1. The zero-order valence-electron chi connectivity index (χ0n) is 19.3. The molecule has 2 saturated heterocycles. The van der Waals surface area contributed by atoms with Gasteiger partial charge in [-0.05, 0) is 86.9 Å². The second-order valence-electron chi connectivity index (χ2n) is 8.77. The van der Waals surface area contributed by atoms with Gasteiger partial charge in [-0.15, -0.1) is 0 Å². The maximum atomic E-state index is 5.98. The molecule has 0 radical (unpaired) electrons. The first kappa shape index (κ1) is 21.9. The largest absolute Gasteiger partial charge is 0.497 e. The Labute approximate surface area is 200 Å². The van der Waals surface area contributed by atoms with Crippen molar-refractivity contribution < 1.29 is 9.47 Å². The summed E-state index contributed by atoms with van der Waals surface area (Å²) in [6.45, 7) is 5.96. The molecule has 3 atom stereocenters. The normalized spacial score (nSPS) is 22.6. The smallest absolute Gasteiger partial charge is 0.170 e. The number of methoxy groups -OCH3 is 1. The first-order valence-electron chi connectivity index (χ1n) is 11.5. The van der Waals surface area contributed by atoms with E-state index in [9.17, 15) is 0 Å². The van der Waals surface area contributed by atoms with E-state index in [1.54, 1.807) is 7.11 Å². The molecule has 0 aliphatic carbocycles. The van der Waals surface area contributed by atoms with Crippen molar-refractivity contribution in [2.24, 2.45) is 0 Å². The molecular formula is C26H30N4O2S. The van der Waals surface area contributed by atoms with Crippen LogP contribution < -0.4 is 10.1 Å². The second-order valence-corrected chi connectivity index (χ2v) is 9.16. The molecule has 2 aliphatic rings. The van der Waals surface area contributed by atoms with Crippen molar-refractivity contribution in [2.45, 2.75) is 44.9 Å². The Morgan fingerprint density at radius 3 is 2.67 bits per heavy atom. The van der Waals surface area contributed by atoms with Crippen LogP contribution in [-0.2, 0) is 4.74 Å². The van der Waals surface area contributed by atoms with Crippen LogP contribution in [0.4, 0.5) is 0 Å². The number of rotatable bonds is 6. The highest BCUT2D eigenvalue weighted by atomic mass is 32.1. The molecule has 0 spiro atoms. The minimum atomic E-state index is -0.0232. The summed E-state index contributed by atoms with van der Waals surface area (Å²) >= 11 is 5.84. The van der Waals surface area contributed by atoms with Gasteiger partial charge in [0.1, 0.15) is 5.75 Å². The third kappa shape index (κ3) is 4.11. The van der Waals surface area contributed by atoms with Gasteiger partial charge >= 0.3 is 0 Å². The maximum absolute atomic E-state index is 5.98. The number of hydrogen-bond donors (Lipinski definition) is 1. The van der Waals surface area contributed by atoms with Crippen LogP contribution in [-0.4, -0.2) is 45.9 Å². The quantitative estimate of drug-likeness (QED) is 0.538. The summed E-state index contributed by atoms with van der Waals surface area (Å²) in [6, 6.07) is 16.6. The van der Waals surface area contributed by atoms with E-state index in [0.29, 0.717) is 0 Å². The fraction of sp³-hybridized carbons (Fsp3) is 0.385. The number of nitrogens with zero attached hydrogens (tertiary/aromatic N) is 3. The van der Waals surface area contributed by atoms with Crippen LogP contribution >= 0.6 is 12.2 Å². The zero-order valence-corrected chi connectivity index (χ0v) is 20.1. The Morgan fingerprint density at radius 2 is 2.00 bits per heavy atom. The predicted molar refractivity (Wildman–Crippen MR) is 133 cm³/mol. The molecule has 2 aliphatic heterocycles. The molecule has 1 N–H and O–H groups in total. The molecule has 3 aromatic rings. The van der Waals surface area contributed by atoms with E-state index < -0.39 is 0 Å². The molecule has 5 rings (SSSR count). The van der Waals surface area contributed by atoms with Gasteiger partial charge in [0.15, 0.2) is 5.11 Å². The van der Waals surface area contributed by atoms with Gasteiger partial charge in [0.2, 0.25) is 0 Å². The summed E-state index contributed by atoms with van der Waals surface area (Å²) in [4.78, 5) is 6.98. The van der Waals surface area contributed by atoms with E-state index in [2.05, 4.69) is 57.9 Å². The molecule has 0 unspecified atom stereocenters. The van der Waals surface area contributed by atoms with Gasteiger partial charge in [0.25, 0.3) is 0 Å². The van der Waals surface area contributed by atoms with Crippen LogP contribution in [0.2, 0.25) is 0 Å². The van der Waals surface area contributed by atoms with Crippen LogP contribution in [0.3, 0.4) is 0 Å². The second kappa shape index (κ2) is 9.15. The lowest BCUT2D eigenvalue weighted by Gasteiger charge is -2.30. The predicted octanol–water partition coefficient (Wildman–Crippen LogP) is 4.65. The van der Waals surface area contributed by atoms with E-state index in [1.165, 1.54) is 17.0 Å². The summed E-state index contributed by atoms with van der Waals surface area (Å²) in [5.41, 5.74) is 5.75. The Balaban J connectivity index is 1.57. The molecule has 0 saturated carbocycles. The van der Waals surface area contributed by atoms with Gasteiger partial charge in [-0.25, -0.2) is 0 Å². The van der Waals surface area contributed by atoms with Crippen LogP contribution in [0.25, 0.3) is 5.69 Å². The van der Waals surface area contributed by atoms with Gasteiger partial charge in [0, 0.05) is 36.4 Å². The van der Waals surface area contributed by atoms with Crippen molar-refractivity contribution in [3.8, 4) is 11.4 Å². The first-order valence-corrected chi connectivity index (χ1v) is 11.9. The van der Waals surface area contributed by atoms with E-state index in [0.717, 1.165) is 48.2 Å². The maximum Gasteiger partial charge on any atom is 0.170 e. The van der Waals surface area contributed by atoms with E-state index in [4.69, 9.17) is 21.7 Å². The number of nitrogens with one attached hydrogen (secondary N) is 1. The Hall–Kier alpha value is -2.90. The molecule has 2 fully saturated rings. The molecule has 1 aromatic carbocycles. The number of aryl methyl sites for hydroxylation is 1. The van der Waals surface area contributed by atoms with E-state index >= 15 is 0 Å². The average molecular weight is 463 g/mol. The van der Waals surface area contributed by atoms with Crippen LogP contribution in [0.5, 0.6) is 5.75 Å². The molecule has 6 nitrogen and oxygen atoms in total. The highest BCUT2D eigenvalue weighted by Gasteiger charge is 2.42. The monoisotopic (exact) mass is 462 g/mol. The Morgan fingerprint density at radius 1 is 1.18 bits per heavy atom. The zero-order chi connectivity index (χ0) is 22.9. The molecule has 7 heteroatoms. The third-order valence-corrected chi connectivity index (χ3v) is 7.09. The van der Waals surface area contributed by atoms with Crippen molar-refractivity contribution in [3.63, 3.8) is 0 Å². The van der Waals surface area contributed by atoms with E-state index in [-0.39, 0.29) is 18.2 Å². The van der Waals surface area contributed by atoms with Crippen molar-refractivity contribution >= 4 is 17.3 Å². The lowest BCUT2D eigenvalue weighted by atomic mass is 9.96. The summed E-state index contributed by atoms with van der Waals surface area (Å²) in [5.74, 6) is 0.852. The highest BCUT2D eigenvalue weighted by Crippen LogP contribution is 2.42. The van der Waals surface area contributed by atoms with Gasteiger partial charge in [-0.2, -0.15) is 0 Å². The lowest BCUT2D eigenvalue weighted by molar-refractivity contribution is 0.0842.